The van der Waals surface area contributed by atoms with Crippen LogP contribution in [0.3, 0.4) is 0 Å². The third kappa shape index (κ3) is 2.60. The Kier molecular flexibility index (Phi) is 3.79. The Hall–Kier alpha value is 0.0600. The van der Waals surface area contributed by atoms with Crippen molar-refractivity contribution in [3.8, 4) is 0 Å². The van der Waals surface area contributed by atoms with Crippen molar-refractivity contribution in [1.82, 2.24) is 5.06 Å². The molecule has 2 unspecified atom stereocenters. The molecular formula is C10H15BrN2OS. The molecule has 1 aromatic heterocycles. The molecule has 2 atom stereocenters. The SMILES string of the molecule is CC(N)C(c1ccc(Br)s1)N1CCCO1. The topological polar surface area (TPSA) is 38.5 Å². The first-order valence-corrected chi connectivity index (χ1v) is 6.70. The predicted molar refractivity (Wildman–Crippen MR) is 65.7 cm³/mol. The Morgan fingerprint density at radius 3 is 2.87 bits per heavy atom. The van der Waals surface area contributed by atoms with Gasteiger partial charge in [-0.15, -0.1) is 11.3 Å². The third-order valence-corrected chi connectivity index (χ3v) is 4.17. The molecule has 2 rings (SSSR count). The summed E-state index contributed by atoms with van der Waals surface area (Å²) in [7, 11) is 0. The molecule has 3 nitrogen and oxygen atoms in total. The van der Waals surface area contributed by atoms with Crippen LogP contribution in [-0.4, -0.2) is 24.3 Å². The van der Waals surface area contributed by atoms with Crippen molar-refractivity contribution in [2.75, 3.05) is 13.2 Å². The lowest BCUT2D eigenvalue weighted by Gasteiger charge is -2.28. The summed E-state index contributed by atoms with van der Waals surface area (Å²) in [6.45, 7) is 3.82. The van der Waals surface area contributed by atoms with E-state index in [2.05, 4.69) is 28.1 Å². The number of nitrogens with two attached hydrogens (primary N) is 1. The van der Waals surface area contributed by atoms with Gasteiger partial charge in [0.1, 0.15) is 0 Å². The van der Waals surface area contributed by atoms with Gasteiger partial charge in [0.15, 0.2) is 0 Å². The number of hydrogen-bond acceptors (Lipinski definition) is 4. The van der Waals surface area contributed by atoms with Crippen LogP contribution in [0.25, 0.3) is 0 Å². The maximum atomic E-state index is 6.03. The molecule has 2 N–H and O–H groups in total. The summed E-state index contributed by atoms with van der Waals surface area (Å²) < 4.78 is 1.14. The number of hydroxylamine groups is 2. The van der Waals surface area contributed by atoms with Crippen LogP contribution in [0.4, 0.5) is 0 Å². The first kappa shape index (κ1) is 11.5. The summed E-state index contributed by atoms with van der Waals surface area (Å²) in [5.74, 6) is 0. The maximum absolute atomic E-state index is 6.03. The first-order chi connectivity index (χ1) is 7.18. The zero-order chi connectivity index (χ0) is 10.8. The standard InChI is InChI=1S/C10H15BrN2OS/c1-7(12)10(13-5-2-6-14-13)8-3-4-9(11)15-8/h3-4,7,10H,2,5-6,12H2,1H3. The van der Waals surface area contributed by atoms with Crippen LogP contribution in [0.2, 0.25) is 0 Å². The monoisotopic (exact) mass is 290 g/mol. The molecule has 0 aromatic carbocycles. The van der Waals surface area contributed by atoms with Crippen LogP contribution in [0, 0.1) is 0 Å². The van der Waals surface area contributed by atoms with E-state index in [1.54, 1.807) is 11.3 Å². The lowest BCUT2D eigenvalue weighted by molar-refractivity contribution is -0.146. The lowest BCUT2D eigenvalue weighted by Crippen LogP contribution is -2.36. The van der Waals surface area contributed by atoms with Gasteiger partial charge in [-0.05, 0) is 41.4 Å². The van der Waals surface area contributed by atoms with E-state index < -0.39 is 0 Å². The Labute approximate surface area is 102 Å². The van der Waals surface area contributed by atoms with Crippen LogP contribution in [-0.2, 0) is 4.84 Å². The van der Waals surface area contributed by atoms with Gasteiger partial charge in [-0.25, -0.2) is 0 Å². The number of halogens is 1. The Morgan fingerprint density at radius 2 is 2.40 bits per heavy atom. The van der Waals surface area contributed by atoms with E-state index in [0.717, 1.165) is 23.4 Å². The maximum Gasteiger partial charge on any atom is 0.0843 e. The van der Waals surface area contributed by atoms with Crippen LogP contribution in [0.15, 0.2) is 15.9 Å². The summed E-state index contributed by atoms with van der Waals surface area (Å²) in [5, 5.41) is 2.02. The molecule has 15 heavy (non-hydrogen) atoms. The minimum Gasteiger partial charge on any atom is -0.326 e. The van der Waals surface area contributed by atoms with Crippen molar-refractivity contribution in [2.24, 2.45) is 5.73 Å². The van der Waals surface area contributed by atoms with E-state index in [1.165, 1.54) is 4.88 Å². The van der Waals surface area contributed by atoms with E-state index >= 15 is 0 Å². The van der Waals surface area contributed by atoms with Crippen molar-refractivity contribution < 1.29 is 4.84 Å². The van der Waals surface area contributed by atoms with Gasteiger partial charge in [0.2, 0.25) is 0 Å². The minimum absolute atomic E-state index is 0.0775. The average Bonchev–Trinajstić information content (AvgIpc) is 2.77. The van der Waals surface area contributed by atoms with E-state index in [1.807, 2.05) is 12.0 Å². The van der Waals surface area contributed by atoms with Gasteiger partial charge in [0, 0.05) is 17.5 Å². The predicted octanol–water partition coefficient (Wildman–Crippen LogP) is 2.54. The fourth-order valence-corrected chi connectivity index (χ4v) is 3.48. The van der Waals surface area contributed by atoms with Gasteiger partial charge < -0.3 is 5.73 Å². The molecule has 1 saturated heterocycles. The van der Waals surface area contributed by atoms with E-state index in [4.69, 9.17) is 10.6 Å². The van der Waals surface area contributed by atoms with E-state index in [-0.39, 0.29) is 12.1 Å². The molecule has 0 radical (unpaired) electrons. The number of rotatable bonds is 3. The highest BCUT2D eigenvalue weighted by Gasteiger charge is 2.28. The van der Waals surface area contributed by atoms with Gasteiger partial charge in [-0.1, -0.05) is 0 Å². The van der Waals surface area contributed by atoms with Gasteiger partial charge in [0.05, 0.1) is 16.4 Å². The van der Waals surface area contributed by atoms with Gasteiger partial charge in [-0.2, -0.15) is 5.06 Å². The van der Waals surface area contributed by atoms with Gasteiger partial charge in [-0.3, -0.25) is 4.84 Å². The molecule has 84 valence electrons. The Morgan fingerprint density at radius 1 is 1.60 bits per heavy atom. The smallest absolute Gasteiger partial charge is 0.0843 e. The Bertz CT molecular complexity index is 323. The fourth-order valence-electron chi connectivity index (χ4n) is 1.84. The van der Waals surface area contributed by atoms with Crippen LogP contribution >= 0.6 is 27.3 Å². The van der Waals surface area contributed by atoms with Gasteiger partial charge >= 0.3 is 0 Å². The molecule has 0 bridgehead atoms. The molecule has 0 spiro atoms. The molecule has 2 heterocycles. The molecular weight excluding hydrogens is 276 g/mol. The molecule has 1 aliphatic heterocycles. The summed E-state index contributed by atoms with van der Waals surface area (Å²) in [6, 6.07) is 4.44. The summed E-state index contributed by atoms with van der Waals surface area (Å²) in [6.07, 6.45) is 1.09. The zero-order valence-corrected chi connectivity index (χ0v) is 11.1. The summed E-state index contributed by atoms with van der Waals surface area (Å²) in [5.41, 5.74) is 6.03. The molecule has 5 heteroatoms. The van der Waals surface area contributed by atoms with Crippen LogP contribution < -0.4 is 5.73 Å². The van der Waals surface area contributed by atoms with Crippen LogP contribution in [0.1, 0.15) is 24.3 Å². The Balaban J connectivity index is 2.18. The highest BCUT2D eigenvalue weighted by atomic mass is 79.9. The molecule has 1 aliphatic rings. The minimum atomic E-state index is 0.0775. The summed E-state index contributed by atoms with van der Waals surface area (Å²) in [4.78, 5) is 6.85. The zero-order valence-electron chi connectivity index (χ0n) is 8.65. The highest BCUT2D eigenvalue weighted by molar-refractivity contribution is 9.11. The second-order valence-electron chi connectivity index (χ2n) is 3.77. The highest BCUT2D eigenvalue weighted by Crippen LogP contribution is 2.33. The normalized spacial score (nSPS) is 21.8. The largest absolute Gasteiger partial charge is 0.326 e. The average molecular weight is 291 g/mol. The van der Waals surface area contributed by atoms with E-state index in [9.17, 15) is 0 Å². The summed E-state index contributed by atoms with van der Waals surface area (Å²) >= 11 is 5.20. The molecule has 1 fully saturated rings. The lowest BCUT2D eigenvalue weighted by atomic mass is 10.1. The number of hydrogen-bond donors (Lipinski definition) is 1. The van der Waals surface area contributed by atoms with E-state index in [0.29, 0.717) is 0 Å². The van der Waals surface area contributed by atoms with Crippen LogP contribution in [0.5, 0.6) is 0 Å². The number of thiophene rings is 1. The third-order valence-electron chi connectivity index (χ3n) is 2.47. The number of nitrogens with zero attached hydrogens (tertiary/aromatic N) is 1. The van der Waals surface area contributed by atoms with Crippen molar-refractivity contribution in [1.29, 1.82) is 0 Å². The first-order valence-electron chi connectivity index (χ1n) is 5.09. The second-order valence-corrected chi connectivity index (χ2v) is 6.27. The molecule has 0 saturated carbocycles. The van der Waals surface area contributed by atoms with Crippen molar-refractivity contribution in [2.45, 2.75) is 25.4 Å². The van der Waals surface area contributed by atoms with Crippen molar-refractivity contribution >= 4 is 27.3 Å². The second kappa shape index (κ2) is 4.93. The molecule has 1 aromatic rings. The van der Waals surface area contributed by atoms with Gasteiger partial charge in [0.25, 0.3) is 0 Å². The molecule has 0 amide bonds. The molecule has 0 aliphatic carbocycles. The van der Waals surface area contributed by atoms with Crippen molar-refractivity contribution in [3.63, 3.8) is 0 Å². The fraction of sp³-hybridized carbons (Fsp3) is 0.600. The van der Waals surface area contributed by atoms with Crippen molar-refractivity contribution in [3.05, 3.63) is 20.8 Å². The quantitative estimate of drug-likeness (QED) is 0.930.